The predicted molar refractivity (Wildman–Crippen MR) is 250 cm³/mol. The summed E-state index contributed by atoms with van der Waals surface area (Å²) in [6.45, 7) is 13.4. The van der Waals surface area contributed by atoms with Crippen molar-refractivity contribution in [3.05, 3.63) is 29.3 Å². The van der Waals surface area contributed by atoms with Crippen LogP contribution in [0.5, 0.6) is 0 Å². The number of rotatable bonds is 48. The molecule has 0 radical (unpaired) electrons. The lowest BCUT2D eigenvalue weighted by molar-refractivity contribution is -0.145. The van der Waals surface area contributed by atoms with Gasteiger partial charge in [-0.2, -0.15) is 0 Å². The van der Waals surface area contributed by atoms with Gasteiger partial charge in [0.15, 0.2) is 0 Å². The summed E-state index contributed by atoms with van der Waals surface area (Å²) < 4.78 is 71.3. The van der Waals surface area contributed by atoms with Crippen LogP contribution < -0.4 is 10.6 Å². The number of benzene rings is 1. The van der Waals surface area contributed by atoms with E-state index in [-0.39, 0.29) is 36.5 Å². The topological polar surface area (TPSA) is 233 Å². The number of esters is 1. The Bertz CT molecular complexity index is 1540. The number of carbonyl (C=O) groups excluding carboxylic acids is 5. The van der Waals surface area contributed by atoms with Crippen LogP contribution in [-0.4, -0.2) is 212 Å². The summed E-state index contributed by atoms with van der Waals surface area (Å²) in [4.78, 5) is 62.7. The molecule has 1 fully saturated rings. The summed E-state index contributed by atoms with van der Waals surface area (Å²) in [5, 5.41) is 5.33. The fourth-order valence-electron chi connectivity index (χ4n) is 6.78. The molecule has 2 N–H and O–H groups in total. The van der Waals surface area contributed by atoms with Crippen molar-refractivity contribution in [3.63, 3.8) is 0 Å². The molecule has 0 spiro atoms. The molecule has 1 saturated heterocycles. The fraction of sp³-hybridized carbons (Fsp3) is 0.771. The lowest BCUT2D eigenvalue weighted by atomic mass is 10.0. The molecule has 1 aromatic rings. The Morgan fingerprint density at radius 1 is 0.536 bits per heavy atom. The van der Waals surface area contributed by atoms with Gasteiger partial charge in [0.25, 0.3) is 11.8 Å². The Morgan fingerprint density at radius 2 is 0.942 bits per heavy atom. The molecule has 0 aromatic heterocycles. The van der Waals surface area contributed by atoms with Crippen LogP contribution in [0, 0.1) is 0 Å². The Hall–Kier alpha value is -3.71. The molecule has 0 saturated carbocycles. The molecule has 2 aliphatic heterocycles. The van der Waals surface area contributed by atoms with Gasteiger partial charge in [-0.3, -0.25) is 34.2 Å². The van der Waals surface area contributed by atoms with Crippen molar-refractivity contribution in [3.8, 4) is 0 Å². The molecular formula is C48H79N3O18. The van der Waals surface area contributed by atoms with Crippen LogP contribution in [0.4, 0.5) is 5.69 Å². The van der Waals surface area contributed by atoms with Crippen molar-refractivity contribution in [1.29, 1.82) is 0 Å². The van der Waals surface area contributed by atoms with Gasteiger partial charge < -0.3 is 66.9 Å². The first kappa shape index (κ1) is 59.6. The standard InChI is InChI=1S/C48H79N3O18/c1-2-3-4-5-6-7-11-44(53)69-39-38-68-37-36-67-35-34-66-33-32-65-31-30-64-29-28-63-27-26-62-25-24-61-23-22-60-21-20-59-19-18-58-17-16-57-15-14-49-41-10-8-9-40-45(41)48(56)51(47(40)55)42-12-13-43(52)50-46(42)54/h8-10,42,49H,2-7,11-39H2,1H3,(H,50,52,54). The average molecular weight is 986 g/mol. The molecule has 2 heterocycles. The maximum Gasteiger partial charge on any atom is 0.305 e. The van der Waals surface area contributed by atoms with Crippen LogP contribution in [0.3, 0.4) is 0 Å². The molecule has 0 bridgehead atoms. The van der Waals surface area contributed by atoms with Crippen LogP contribution in [0.2, 0.25) is 0 Å². The highest BCUT2D eigenvalue weighted by Gasteiger charge is 2.45. The predicted octanol–water partition coefficient (Wildman–Crippen LogP) is 2.99. The number of piperidine rings is 1. The number of carbonyl (C=O) groups is 5. The lowest BCUT2D eigenvalue weighted by Crippen LogP contribution is -2.54. The molecule has 0 aliphatic carbocycles. The van der Waals surface area contributed by atoms with Crippen molar-refractivity contribution in [1.82, 2.24) is 10.2 Å². The van der Waals surface area contributed by atoms with E-state index in [1.165, 1.54) is 25.7 Å². The Balaban J connectivity index is 0.938. The summed E-state index contributed by atoms with van der Waals surface area (Å²) in [5.41, 5.74) is 0.895. The number of fused-ring (bicyclic) bond motifs is 1. The zero-order valence-electron chi connectivity index (χ0n) is 40.9. The highest BCUT2D eigenvalue weighted by Crippen LogP contribution is 2.32. The highest BCUT2D eigenvalue weighted by molar-refractivity contribution is 6.25. The normalized spacial score (nSPS) is 14.7. The van der Waals surface area contributed by atoms with Gasteiger partial charge >= 0.3 is 5.97 Å². The lowest BCUT2D eigenvalue weighted by Gasteiger charge is -2.27. The molecular weight excluding hydrogens is 907 g/mol. The maximum absolute atomic E-state index is 13.2. The van der Waals surface area contributed by atoms with E-state index >= 15 is 0 Å². The zero-order chi connectivity index (χ0) is 49.3. The second kappa shape index (κ2) is 41.0. The number of anilines is 1. The van der Waals surface area contributed by atoms with E-state index in [9.17, 15) is 24.0 Å². The van der Waals surface area contributed by atoms with Crippen molar-refractivity contribution >= 4 is 35.3 Å². The van der Waals surface area contributed by atoms with Gasteiger partial charge in [0, 0.05) is 25.1 Å². The van der Waals surface area contributed by atoms with Crippen LogP contribution in [0.15, 0.2) is 18.2 Å². The molecule has 4 amide bonds. The molecule has 3 rings (SSSR count). The minimum atomic E-state index is -1.02. The van der Waals surface area contributed by atoms with E-state index in [0.717, 1.165) is 17.7 Å². The van der Waals surface area contributed by atoms with Crippen LogP contribution in [0.1, 0.15) is 85.4 Å². The third kappa shape index (κ3) is 28.1. The first-order valence-electron chi connectivity index (χ1n) is 24.6. The van der Waals surface area contributed by atoms with Gasteiger partial charge in [-0.25, -0.2) is 0 Å². The third-order valence-electron chi connectivity index (χ3n) is 10.3. The zero-order valence-corrected chi connectivity index (χ0v) is 40.9. The maximum atomic E-state index is 13.2. The van der Waals surface area contributed by atoms with E-state index in [2.05, 4.69) is 17.6 Å². The average Bonchev–Trinajstić information content (AvgIpc) is 3.60. The molecule has 21 heteroatoms. The summed E-state index contributed by atoms with van der Waals surface area (Å²) in [7, 11) is 0. The smallest absolute Gasteiger partial charge is 0.305 e. The summed E-state index contributed by atoms with van der Waals surface area (Å²) >= 11 is 0. The van der Waals surface area contributed by atoms with E-state index in [1.807, 2.05) is 0 Å². The molecule has 1 atom stereocenters. The number of nitrogens with zero attached hydrogens (tertiary/aromatic N) is 1. The second-order valence-corrected chi connectivity index (χ2v) is 15.7. The number of unbranched alkanes of at least 4 members (excludes halogenated alkanes) is 5. The first-order chi connectivity index (χ1) is 33.9. The molecule has 1 aromatic carbocycles. The van der Waals surface area contributed by atoms with Crippen LogP contribution >= 0.6 is 0 Å². The largest absolute Gasteiger partial charge is 0.463 e. The Morgan fingerprint density at radius 3 is 1.38 bits per heavy atom. The minimum absolute atomic E-state index is 0.0616. The van der Waals surface area contributed by atoms with Crippen molar-refractivity contribution in [2.45, 2.75) is 70.8 Å². The number of nitrogens with one attached hydrogen (secondary N) is 2. The van der Waals surface area contributed by atoms with Crippen molar-refractivity contribution in [2.75, 3.05) is 177 Å². The van der Waals surface area contributed by atoms with Crippen molar-refractivity contribution in [2.24, 2.45) is 0 Å². The van der Waals surface area contributed by atoms with Gasteiger partial charge in [-0.1, -0.05) is 45.1 Å². The summed E-state index contributed by atoms with van der Waals surface area (Å²) in [6, 6.07) is 3.89. The number of ether oxygens (including phenoxy) is 13. The number of imide groups is 2. The number of hydrogen-bond acceptors (Lipinski definition) is 19. The SMILES string of the molecule is CCCCCCCCC(=O)OCCOCCOCCOCCOCCOCCOCCOCCOCCOCCOCCOCCOCCNc1cccc2c1C(=O)N(C1CCC(=O)NC1=O)C2=O. The monoisotopic (exact) mass is 986 g/mol. The molecule has 1 unspecified atom stereocenters. The van der Waals surface area contributed by atoms with Gasteiger partial charge in [0.1, 0.15) is 12.6 Å². The second-order valence-electron chi connectivity index (χ2n) is 15.7. The van der Waals surface area contributed by atoms with Crippen LogP contribution in [0.25, 0.3) is 0 Å². The van der Waals surface area contributed by atoms with E-state index in [4.69, 9.17) is 61.6 Å². The van der Waals surface area contributed by atoms with E-state index in [0.29, 0.717) is 177 Å². The molecule has 394 valence electrons. The van der Waals surface area contributed by atoms with E-state index in [1.54, 1.807) is 18.2 Å². The molecule has 69 heavy (non-hydrogen) atoms. The Kier molecular flexibility index (Phi) is 35.4. The number of hydrogen-bond donors (Lipinski definition) is 2. The van der Waals surface area contributed by atoms with Gasteiger partial charge in [0.2, 0.25) is 11.8 Å². The highest BCUT2D eigenvalue weighted by atomic mass is 16.6. The first-order valence-corrected chi connectivity index (χ1v) is 24.6. The Labute approximate surface area is 407 Å². The molecule has 2 aliphatic rings. The van der Waals surface area contributed by atoms with E-state index < -0.39 is 29.7 Å². The fourth-order valence-corrected chi connectivity index (χ4v) is 6.78. The minimum Gasteiger partial charge on any atom is -0.463 e. The third-order valence-corrected chi connectivity index (χ3v) is 10.3. The summed E-state index contributed by atoms with van der Waals surface area (Å²) in [5.74, 6) is -2.34. The molecule has 21 nitrogen and oxygen atoms in total. The van der Waals surface area contributed by atoms with Crippen LogP contribution in [-0.2, 0) is 76.0 Å². The van der Waals surface area contributed by atoms with Crippen molar-refractivity contribution < 1.29 is 85.6 Å². The van der Waals surface area contributed by atoms with Gasteiger partial charge in [-0.05, 0) is 25.0 Å². The quantitative estimate of drug-likeness (QED) is 0.0543. The van der Waals surface area contributed by atoms with Gasteiger partial charge in [-0.15, -0.1) is 0 Å². The van der Waals surface area contributed by atoms with Gasteiger partial charge in [0.05, 0.1) is 170 Å². The number of amides is 4. The summed E-state index contributed by atoms with van der Waals surface area (Å²) in [6.07, 6.45) is 7.51.